The average Bonchev–Trinajstić information content (AvgIpc) is 2.87. The molecule has 21 heavy (non-hydrogen) atoms. The summed E-state index contributed by atoms with van der Waals surface area (Å²) >= 11 is 12.0. The summed E-state index contributed by atoms with van der Waals surface area (Å²) in [5.74, 6) is -0.272. The number of anilines is 1. The number of carbonyl (C=O) groups is 1. The van der Waals surface area contributed by atoms with Gasteiger partial charge in [-0.2, -0.15) is 5.10 Å². The molecule has 7 heteroatoms. The summed E-state index contributed by atoms with van der Waals surface area (Å²) in [7, 11) is 0. The topological polar surface area (TPSA) is 67.1 Å². The molecule has 2 N–H and O–H groups in total. The van der Waals surface area contributed by atoms with E-state index in [0.717, 1.165) is 5.82 Å². The second-order valence-electron chi connectivity index (χ2n) is 4.71. The number of hydrogen-bond acceptors (Lipinski definition) is 3. The maximum atomic E-state index is 11.6. The first-order valence-corrected chi connectivity index (χ1v) is 6.94. The first-order valence-electron chi connectivity index (χ1n) is 6.18. The third-order valence-corrected chi connectivity index (χ3v) is 4.14. The minimum Gasteiger partial charge on any atom is -0.478 e. The van der Waals surface area contributed by atoms with E-state index in [9.17, 15) is 9.90 Å². The van der Waals surface area contributed by atoms with E-state index in [1.165, 1.54) is 0 Å². The molecule has 2 aromatic rings. The van der Waals surface area contributed by atoms with Gasteiger partial charge in [-0.1, -0.05) is 29.3 Å². The average molecular weight is 324 g/mol. The summed E-state index contributed by atoms with van der Waals surface area (Å²) < 4.78 is 1.62. The molecule has 0 fully saturated rings. The number of halogens is 2. The molecule has 5 nitrogen and oxygen atoms in total. The van der Waals surface area contributed by atoms with Gasteiger partial charge in [0.2, 0.25) is 0 Å². The van der Waals surface area contributed by atoms with Crippen LogP contribution in [0.15, 0.2) is 41.7 Å². The summed E-state index contributed by atoms with van der Waals surface area (Å²) in [6, 6.07) is 6.31. The van der Waals surface area contributed by atoms with Gasteiger partial charge in [-0.05, 0) is 24.6 Å². The van der Waals surface area contributed by atoms with Crippen LogP contribution in [0, 0.1) is 0 Å². The fourth-order valence-corrected chi connectivity index (χ4v) is 2.78. The minimum absolute atomic E-state index is 0.226. The summed E-state index contributed by atoms with van der Waals surface area (Å²) in [6.45, 7) is 1.73. The third kappa shape index (κ3) is 2.28. The standard InChI is InChI=1S/C14H11Cl2N3O2/c1-7-12(14(20)21)13(19-11(18-7)4-5-17-19)8-2-3-9(15)10(16)6-8/h2-6,13,18H,1H3,(H,20,21). The van der Waals surface area contributed by atoms with E-state index in [1.807, 2.05) is 0 Å². The zero-order valence-corrected chi connectivity index (χ0v) is 12.5. The number of allylic oxidation sites excluding steroid dienone is 1. The molecule has 0 saturated carbocycles. The normalized spacial score (nSPS) is 17.4. The largest absolute Gasteiger partial charge is 0.478 e. The molecule has 0 saturated heterocycles. The van der Waals surface area contributed by atoms with Crippen molar-refractivity contribution in [2.75, 3.05) is 5.32 Å². The molecule has 1 unspecified atom stereocenters. The van der Waals surface area contributed by atoms with E-state index < -0.39 is 12.0 Å². The molecular formula is C14H11Cl2N3O2. The number of aliphatic carboxylic acids is 1. The Labute approximate surface area is 130 Å². The number of carboxylic acids is 1. The van der Waals surface area contributed by atoms with Crippen molar-refractivity contribution in [1.82, 2.24) is 9.78 Å². The van der Waals surface area contributed by atoms with E-state index >= 15 is 0 Å². The fourth-order valence-electron chi connectivity index (χ4n) is 2.47. The highest BCUT2D eigenvalue weighted by molar-refractivity contribution is 6.42. The van der Waals surface area contributed by atoms with Crippen LogP contribution in [-0.4, -0.2) is 20.9 Å². The van der Waals surface area contributed by atoms with Gasteiger partial charge in [0.1, 0.15) is 11.9 Å². The molecule has 2 heterocycles. The predicted molar refractivity (Wildman–Crippen MR) is 80.8 cm³/mol. The van der Waals surface area contributed by atoms with E-state index in [-0.39, 0.29) is 5.57 Å². The van der Waals surface area contributed by atoms with Crippen LogP contribution in [0.2, 0.25) is 10.0 Å². The van der Waals surface area contributed by atoms with Gasteiger partial charge in [-0.3, -0.25) is 0 Å². The molecule has 0 bridgehead atoms. The number of nitrogens with one attached hydrogen (secondary N) is 1. The lowest BCUT2D eigenvalue weighted by molar-refractivity contribution is -0.133. The van der Waals surface area contributed by atoms with Crippen LogP contribution in [-0.2, 0) is 4.79 Å². The zero-order chi connectivity index (χ0) is 15.1. The van der Waals surface area contributed by atoms with Crippen LogP contribution in [0.1, 0.15) is 18.5 Å². The molecular weight excluding hydrogens is 313 g/mol. The molecule has 1 aliphatic heterocycles. The number of rotatable bonds is 2. The number of nitrogens with zero attached hydrogens (tertiary/aromatic N) is 2. The van der Waals surface area contributed by atoms with Gasteiger partial charge in [0.15, 0.2) is 0 Å². The van der Waals surface area contributed by atoms with Crippen molar-refractivity contribution in [1.29, 1.82) is 0 Å². The van der Waals surface area contributed by atoms with Crippen LogP contribution in [0.5, 0.6) is 0 Å². The Morgan fingerprint density at radius 3 is 2.76 bits per heavy atom. The molecule has 1 aromatic heterocycles. The molecule has 3 rings (SSSR count). The van der Waals surface area contributed by atoms with Gasteiger partial charge in [0.05, 0.1) is 21.8 Å². The van der Waals surface area contributed by atoms with Crippen molar-refractivity contribution in [2.24, 2.45) is 0 Å². The highest BCUT2D eigenvalue weighted by Gasteiger charge is 2.32. The smallest absolute Gasteiger partial charge is 0.335 e. The number of benzene rings is 1. The van der Waals surface area contributed by atoms with E-state index in [0.29, 0.717) is 21.3 Å². The fraction of sp³-hybridized carbons (Fsp3) is 0.143. The highest BCUT2D eigenvalue weighted by atomic mass is 35.5. The van der Waals surface area contributed by atoms with Gasteiger partial charge in [0.25, 0.3) is 0 Å². The molecule has 0 aliphatic carbocycles. The van der Waals surface area contributed by atoms with Gasteiger partial charge in [-0.15, -0.1) is 0 Å². The molecule has 0 spiro atoms. The van der Waals surface area contributed by atoms with Crippen LogP contribution in [0.4, 0.5) is 5.82 Å². The lowest BCUT2D eigenvalue weighted by Crippen LogP contribution is -2.28. The van der Waals surface area contributed by atoms with Gasteiger partial charge < -0.3 is 10.4 Å². The SMILES string of the molecule is CC1=C(C(=O)O)C(c2ccc(Cl)c(Cl)c2)n2nccc2N1. The Morgan fingerprint density at radius 2 is 2.10 bits per heavy atom. The van der Waals surface area contributed by atoms with Crippen molar-refractivity contribution in [3.05, 3.63) is 57.3 Å². The molecule has 108 valence electrons. The van der Waals surface area contributed by atoms with Crippen molar-refractivity contribution in [3.8, 4) is 0 Å². The van der Waals surface area contributed by atoms with Crippen LogP contribution < -0.4 is 5.32 Å². The maximum absolute atomic E-state index is 11.6. The molecule has 1 aliphatic rings. The Bertz CT molecular complexity index is 767. The Hall–Kier alpha value is -1.98. The minimum atomic E-state index is -1.00. The van der Waals surface area contributed by atoms with Crippen LogP contribution >= 0.6 is 23.2 Å². The lowest BCUT2D eigenvalue weighted by atomic mass is 9.96. The monoisotopic (exact) mass is 323 g/mol. The molecule has 0 radical (unpaired) electrons. The number of carboxylic acid groups (broad SMARTS) is 1. The van der Waals surface area contributed by atoms with Crippen molar-refractivity contribution >= 4 is 35.0 Å². The number of aromatic nitrogens is 2. The van der Waals surface area contributed by atoms with Crippen molar-refractivity contribution < 1.29 is 9.90 Å². The zero-order valence-electron chi connectivity index (χ0n) is 11.0. The first-order chi connectivity index (χ1) is 9.99. The predicted octanol–water partition coefficient (Wildman–Crippen LogP) is 3.56. The molecule has 1 atom stereocenters. The van der Waals surface area contributed by atoms with Gasteiger partial charge in [0, 0.05) is 11.8 Å². The van der Waals surface area contributed by atoms with Crippen molar-refractivity contribution in [3.63, 3.8) is 0 Å². The summed E-state index contributed by atoms with van der Waals surface area (Å²) in [4.78, 5) is 11.6. The van der Waals surface area contributed by atoms with Gasteiger partial charge in [-0.25, -0.2) is 9.48 Å². The molecule has 0 amide bonds. The second-order valence-corrected chi connectivity index (χ2v) is 5.52. The van der Waals surface area contributed by atoms with Crippen LogP contribution in [0.3, 0.4) is 0 Å². The van der Waals surface area contributed by atoms with Crippen LogP contribution in [0.25, 0.3) is 0 Å². The van der Waals surface area contributed by atoms with E-state index in [1.54, 1.807) is 42.1 Å². The van der Waals surface area contributed by atoms with E-state index in [2.05, 4.69) is 10.4 Å². The van der Waals surface area contributed by atoms with Crippen molar-refractivity contribution in [2.45, 2.75) is 13.0 Å². The molecule has 1 aromatic carbocycles. The maximum Gasteiger partial charge on any atom is 0.335 e. The lowest BCUT2D eigenvalue weighted by Gasteiger charge is -2.28. The Balaban J connectivity index is 2.21. The summed E-state index contributed by atoms with van der Waals surface area (Å²) in [5, 5.41) is 17.6. The summed E-state index contributed by atoms with van der Waals surface area (Å²) in [6.07, 6.45) is 1.62. The third-order valence-electron chi connectivity index (χ3n) is 3.40. The quantitative estimate of drug-likeness (QED) is 0.886. The second kappa shape index (κ2) is 5.09. The number of hydrogen-bond donors (Lipinski definition) is 2. The van der Waals surface area contributed by atoms with E-state index in [4.69, 9.17) is 23.2 Å². The summed E-state index contributed by atoms with van der Waals surface area (Å²) in [5.41, 5.74) is 1.52. The Kier molecular flexibility index (Phi) is 3.39. The highest BCUT2D eigenvalue weighted by Crippen LogP contribution is 2.37. The Morgan fingerprint density at radius 1 is 1.33 bits per heavy atom. The van der Waals surface area contributed by atoms with Gasteiger partial charge >= 0.3 is 5.97 Å². The first kappa shape index (κ1) is 14.0. The number of fused-ring (bicyclic) bond motifs is 1.